The van der Waals surface area contributed by atoms with E-state index in [-0.39, 0.29) is 61.0 Å². The van der Waals surface area contributed by atoms with Crippen molar-refractivity contribution in [3.63, 3.8) is 0 Å². The summed E-state index contributed by atoms with van der Waals surface area (Å²) < 4.78 is 17.3. The van der Waals surface area contributed by atoms with Crippen LogP contribution in [0.2, 0.25) is 0 Å². The summed E-state index contributed by atoms with van der Waals surface area (Å²) in [5.41, 5.74) is 1.80. The van der Waals surface area contributed by atoms with Gasteiger partial charge in [0.15, 0.2) is 0 Å². The third kappa shape index (κ3) is 5.45. The van der Waals surface area contributed by atoms with Crippen molar-refractivity contribution in [2.45, 2.75) is 51.4 Å². The maximum atomic E-state index is 13.5. The predicted octanol–water partition coefficient (Wildman–Crippen LogP) is 2.93. The Balaban J connectivity index is 1.36. The van der Waals surface area contributed by atoms with E-state index in [1.807, 2.05) is 52.0 Å². The molecule has 2 heterocycles. The summed E-state index contributed by atoms with van der Waals surface area (Å²) >= 11 is 0. The summed E-state index contributed by atoms with van der Waals surface area (Å²) in [5, 5.41) is 14.9. The van der Waals surface area contributed by atoms with E-state index in [1.165, 1.54) is 0 Å². The fourth-order valence-corrected chi connectivity index (χ4v) is 5.82. The zero-order chi connectivity index (χ0) is 28.8. The van der Waals surface area contributed by atoms with Gasteiger partial charge in [-0.2, -0.15) is 0 Å². The predicted molar refractivity (Wildman–Crippen MR) is 147 cm³/mol. The largest absolute Gasteiger partial charge is 0.491 e. The number of ether oxygens (including phenoxy) is 3. The Bertz CT molecular complexity index is 1310. The summed E-state index contributed by atoms with van der Waals surface area (Å²) in [5.74, 6) is 0.611. The summed E-state index contributed by atoms with van der Waals surface area (Å²) in [4.78, 5) is 40.4. The number of nitrogens with one attached hydrogen (secondary N) is 2. The Labute approximate surface area is 234 Å². The van der Waals surface area contributed by atoms with E-state index in [2.05, 4.69) is 10.6 Å². The first kappa shape index (κ1) is 27.8. The monoisotopic (exact) mass is 551 g/mol. The normalized spacial score (nSPS) is 24.4. The van der Waals surface area contributed by atoms with Crippen LogP contribution in [0.15, 0.2) is 36.4 Å². The Morgan fingerprint density at radius 3 is 2.48 bits per heavy atom. The lowest BCUT2D eigenvalue weighted by molar-refractivity contribution is 0.0269. The van der Waals surface area contributed by atoms with E-state index in [0.717, 1.165) is 11.1 Å². The lowest BCUT2D eigenvalue weighted by Crippen LogP contribution is -2.40. The third-order valence-corrected chi connectivity index (χ3v) is 7.68. The molecule has 1 saturated heterocycles. The highest BCUT2D eigenvalue weighted by Crippen LogP contribution is 2.47. The minimum absolute atomic E-state index is 0.0331. The average molecular weight is 552 g/mol. The number of amides is 3. The number of hydrogen-bond donors (Lipinski definition) is 3. The second-order valence-corrected chi connectivity index (χ2v) is 11.7. The van der Waals surface area contributed by atoms with Crippen molar-refractivity contribution in [2.75, 3.05) is 33.4 Å². The first-order chi connectivity index (χ1) is 19.0. The molecule has 0 spiro atoms. The van der Waals surface area contributed by atoms with E-state index in [4.69, 9.17) is 19.3 Å². The number of carbonyl (C=O) groups excluding carboxylic acids is 3. The van der Waals surface area contributed by atoms with Crippen molar-refractivity contribution in [2.24, 2.45) is 11.8 Å². The number of piperidine rings is 1. The molecule has 1 saturated carbocycles. The molecule has 5 rings (SSSR count). The molecule has 0 radical (unpaired) electrons. The van der Waals surface area contributed by atoms with Crippen molar-refractivity contribution in [1.29, 1.82) is 0 Å². The minimum atomic E-state index is -0.555. The van der Waals surface area contributed by atoms with Crippen LogP contribution in [0, 0.1) is 11.8 Å². The molecule has 2 aliphatic heterocycles. The van der Waals surface area contributed by atoms with Crippen molar-refractivity contribution >= 4 is 17.9 Å². The first-order valence-electron chi connectivity index (χ1n) is 13.7. The average Bonchev–Trinajstić information content (AvgIpc) is 3.22. The van der Waals surface area contributed by atoms with Crippen LogP contribution in [0.4, 0.5) is 4.79 Å². The van der Waals surface area contributed by atoms with Gasteiger partial charge in [0.05, 0.1) is 12.2 Å². The number of hydrogen-bond acceptors (Lipinski definition) is 7. The van der Waals surface area contributed by atoms with Crippen LogP contribution >= 0.6 is 0 Å². The quantitative estimate of drug-likeness (QED) is 0.483. The molecule has 3 N–H and O–H groups in total. The highest BCUT2D eigenvalue weighted by atomic mass is 16.6. The fourth-order valence-electron chi connectivity index (χ4n) is 5.82. The van der Waals surface area contributed by atoms with Crippen LogP contribution in [0.25, 0.3) is 0 Å². The summed E-state index contributed by atoms with van der Waals surface area (Å²) in [7, 11) is 1.54. The Morgan fingerprint density at radius 1 is 1.10 bits per heavy atom. The van der Waals surface area contributed by atoms with Gasteiger partial charge in [-0.05, 0) is 57.5 Å². The number of aliphatic hydroxyl groups is 1. The van der Waals surface area contributed by atoms with Gasteiger partial charge in [-0.3, -0.25) is 9.59 Å². The third-order valence-electron chi connectivity index (χ3n) is 7.68. The summed E-state index contributed by atoms with van der Waals surface area (Å²) in [6.07, 6.45) is -0.615. The molecule has 2 aromatic carbocycles. The van der Waals surface area contributed by atoms with Crippen LogP contribution < -0.4 is 20.1 Å². The molecule has 40 heavy (non-hydrogen) atoms. The molecule has 10 heteroatoms. The summed E-state index contributed by atoms with van der Waals surface area (Å²) in [6, 6.07) is 10.9. The molecule has 3 amide bonds. The molecule has 0 bridgehead atoms. The van der Waals surface area contributed by atoms with Gasteiger partial charge in [-0.25, -0.2) is 4.79 Å². The molecule has 4 atom stereocenters. The second kappa shape index (κ2) is 10.6. The number of likely N-dealkylation sites (tertiary alicyclic amines) is 1. The molecule has 1 aliphatic carbocycles. The number of nitrogens with zero attached hydrogens (tertiary/aromatic N) is 1. The molecule has 3 unspecified atom stereocenters. The molecular formula is C30H37N3O7. The number of benzene rings is 2. The molecule has 214 valence electrons. The van der Waals surface area contributed by atoms with Crippen molar-refractivity contribution < 1.29 is 33.7 Å². The van der Waals surface area contributed by atoms with Crippen LogP contribution in [-0.2, 0) is 4.74 Å². The van der Waals surface area contributed by atoms with E-state index in [0.29, 0.717) is 35.7 Å². The number of rotatable bonds is 7. The highest BCUT2D eigenvalue weighted by Gasteiger charge is 2.58. The second-order valence-electron chi connectivity index (χ2n) is 11.7. The van der Waals surface area contributed by atoms with Crippen LogP contribution in [0.3, 0.4) is 0 Å². The van der Waals surface area contributed by atoms with E-state index in [1.54, 1.807) is 24.1 Å². The lowest BCUT2D eigenvalue weighted by Gasteiger charge is -2.26. The van der Waals surface area contributed by atoms with Crippen LogP contribution in [0.5, 0.6) is 11.5 Å². The molecular weight excluding hydrogens is 514 g/mol. The number of carbonyl (C=O) groups is 3. The van der Waals surface area contributed by atoms with Crippen LogP contribution in [-0.4, -0.2) is 79.0 Å². The Hall–Kier alpha value is -3.79. The van der Waals surface area contributed by atoms with Gasteiger partial charge >= 0.3 is 6.09 Å². The lowest BCUT2D eigenvalue weighted by atomic mass is 9.86. The van der Waals surface area contributed by atoms with Gasteiger partial charge in [0.2, 0.25) is 0 Å². The number of aliphatic hydroxyl groups excluding tert-OH is 1. The molecule has 0 aromatic heterocycles. The van der Waals surface area contributed by atoms with Crippen molar-refractivity contribution in [3.8, 4) is 11.5 Å². The van der Waals surface area contributed by atoms with Crippen molar-refractivity contribution in [3.05, 3.63) is 58.7 Å². The SMILES string of the molecule is CNC(=O)c1cc(C(=O)NC2C3CN(C(=O)OC(C)(C)C)CC32)cc2c1OC(C)[C@H]2c1cccc(OCCO)c1. The van der Waals surface area contributed by atoms with Gasteiger partial charge in [0.1, 0.15) is 29.8 Å². The van der Waals surface area contributed by atoms with Gasteiger partial charge < -0.3 is 34.9 Å². The topological polar surface area (TPSA) is 126 Å². The molecule has 3 aliphatic rings. The maximum Gasteiger partial charge on any atom is 0.410 e. The number of fused-ring (bicyclic) bond motifs is 2. The Morgan fingerprint density at radius 2 is 1.82 bits per heavy atom. The van der Waals surface area contributed by atoms with Gasteiger partial charge in [-0.15, -0.1) is 0 Å². The fraction of sp³-hybridized carbons (Fsp3) is 0.500. The van der Waals surface area contributed by atoms with Gasteiger partial charge in [-0.1, -0.05) is 12.1 Å². The van der Waals surface area contributed by atoms with E-state index in [9.17, 15) is 14.4 Å². The smallest absolute Gasteiger partial charge is 0.410 e. The maximum absolute atomic E-state index is 13.5. The van der Waals surface area contributed by atoms with E-state index < -0.39 is 5.60 Å². The first-order valence-corrected chi connectivity index (χ1v) is 13.7. The minimum Gasteiger partial charge on any atom is -0.491 e. The van der Waals surface area contributed by atoms with E-state index >= 15 is 0 Å². The summed E-state index contributed by atoms with van der Waals surface area (Å²) in [6.45, 7) is 8.62. The Kier molecular flexibility index (Phi) is 7.39. The molecule has 10 nitrogen and oxygen atoms in total. The standard InChI is InChI=1S/C30H37N3O7/c1-16-24(17-7-6-8-19(11-17)38-10-9-34)20-12-18(13-21(26(20)39-16)28(36)31-5)27(35)32-25-22-14-33(15-23(22)25)29(37)40-30(2,3)4/h6-8,11-13,16,22-25,34H,9-10,14-15H2,1-5H3,(H,31,36)(H,32,35)/t16?,22?,23?,24-,25?/m0/s1. The van der Waals surface area contributed by atoms with Crippen LogP contribution in [0.1, 0.15) is 65.5 Å². The molecule has 2 aromatic rings. The molecule has 2 fully saturated rings. The zero-order valence-corrected chi connectivity index (χ0v) is 23.5. The van der Waals surface area contributed by atoms with Gasteiger partial charge in [0.25, 0.3) is 11.8 Å². The van der Waals surface area contributed by atoms with Gasteiger partial charge in [0, 0.05) is 55.1 Å². The highest BCUT2D eigenvalue weighted by molar-refractivity contribution is 6.02. The zero-order valence-electron chi connectivity index (χ0n) is 23.5. The van der Waals surface area contributed by atoms with Crippen molar-refractivity contribution in [1.82, 2.24) is 15.5 Å².